The monoisotopic (exact) mass is 341 g/mol. The first-order valence-corrected chi connectivity index (χ1v) is 7.90. The molecule has 2 atom stereocenters. The Labute approximate surface area is 139 Å². The summed E-state index contributed by atoms with van der Waals surface area (Å²) in [5.41, 5.74) is -1.80. The first-order valence-electron chi connectivity index (χ1n) is 7.14. The first kappa shape index (κ1) is 15.6. The fourth-order valence-corrected chi connectivity index (χ4v) is 3.85. The molecule has 2 aliphatic rings. The van der Waals surface area contributed by atoms with Gasteiger partial charge in [0.1, 0.15) is 0 Å². The first-order chi connectivity index (χ1) is 10.1. The number of esters is 1. The van der Waals surface area contributed by atoms with Gasteiger partial charge in [-0.1, -0.05) is 37.0 Å². The molecule has 0 spiro atoms. The average molecular weight is 342 g/mol. The van der Waals surface area contributed by atoms with Crippen molar-refractivity contribution in [2.45, 2.75) is 39.2 Å². The maximum Gasteiger partial charge on any atom is 0.313 e. The number of nitrogens with one attached hydrogen (secondary N) is 1. The summed E-state index contributed by atoms with van der Waals surface area (Å²) in [5, 5.41) is 3.58. The molecule has 0 aromatic heterocycles. The highest BCUT2D eigenvalue weighted by Gasteiger charge is 2.75. The van der Waals surface area contributed by atoms with Crippen molar-refractivity contribution in [1.82, 2.24) is 0 Å². The standard InChI is InChI=1S/C16H17Cl2NO3/c1-14(2)15(3)6-7-16(14,22-13(15)21)12(20)19-9-4-5-10(17)11(18)8-9/h4-5,8H,6-7H2,1-3H3,(H,19,20)/t15-,16-/m1/s1. The molecule has 1 saturated carbocycles. The highest BCUT2D eigenvalue weighted by molar-refractivity contribution is 6.42. The molecule has 1 aliphatic carbocycles. The molecule has 1 aromatic rings. The van der Waals surface area contributed by atoms with Crippen molar-refractivity contribution in [3.8, 4) is 0 Å². The third-order valence-electron chi connectivity index (χ3n) is 5.63. The van der Waals surface area contributed by atoms with E-state index < -0.39 is 16.4 Å². The summed E-state index contributed by atoms with van der Waals surface area (Å²) in [6.45, 7) is 5.70. The van der Waals surface area contributed by atoms with Gasteiger partial charge in [-0.3, -0.25) is 9.59 Å². The lowest BCUT2D eigenvalue weighted by molar-refractivity contribution is -0.165. The predicted molar refractivity (Wildman–Crippen MR) is 85.0 cm³/mol. The molecule has 2 bridgehead atoms. The number of fused-ring (bicyclic) bond motifs is 2. The molecule has 2 fully saturated rings. The van der Waals surface area contributed by atoms with Crippen LogP contribution in [0.4, 0.5) is 5.69 Å². The summed E-state index contributed by atoms with van der Waals surface area (Å²) in [6.07, 6.45) is 1.17. The largest absolute Gasteiger partial charge is 0.448 e. The molecule has 1 amide bonds. The third kappa shape index (κ3) is 1.77. The lowest BCUT2D eigenvalue weighted by Crippen LogP contribution is -2.50. The number of anilines is 1. The minimum Gasteiger partial charge on any atom is -0.448 e. The maximum atomic E-state index is 12.8. The van der Waals surface area contributed by atoms with Gasteiger partial charge in [0.05, 0.1) is 15.5 Å². The molecule has 118 valence electrons. The number of benzene rings is 1. The Hall–Kier alpha value is -1.26. The summed E-state index contributed by atoms with van der Waals surface area (Å²) >= 11 is 11.8. The van der Waals surface area contributed by atoms with Crippen molar-refractivity contribution in [2.75, 3.05) is 5.32 Å². The number of hydrogen-bond donors (Lipinski definition) is 1. The van der Waals surface area contributed by atoms with E-state index in [2.05, 4.69) is 5.32 Å². The van der Waals surface area contributed by atoms with Crippen LogP contribution in [0.2, 0.25) is 10.0 Å². The van der Waals surface area contributed by atoms with Gasteiger partial charge in [0.2, 0.25) is 0 Å². The van der Waals surface area contributed by atoms with E-state index in [-0.39, 0.29) is 11.9 Å². The minimum absolute atomic E-state index is 0.298. The van der Waals surface area contributed by atoms with Gasteiger partial charge in [-0.05, 0) is 38.0 Å². The molecule has 0 radical (unpaired) electrons. The summed E-state index contributed by atoms with van der Waals surface area (Å²) in [7, 11) is 0. The topological polar surface area (TPSA) is 55.4 Å². The number of rotatable bonds is 2. The van der Waals surface area contributed by atoms with E-state index in [0.29, 0.717) is 28.6 Å². The van der Waals surface area contributed by atoms with E-state index in [1.807, 2.05) is 20.8 Å². The van der Waals surface area contributed by atoms with Gasteiger partial charge in [0, 0.05) is 11.1 Å². The second kappa shape index (κ2) is 4.62. The normalized spacial score (nSPS) is 32.0. The molecule has 1 N–H and O–H groups in total. The van der Waals surface area contributed by atoms with Gasteiger partial charge in [-0.25, -0.2) is 0 Å². The summed E-state index contributed by atoms with van der Waals surface area (Å²) in [6, 6.07) is 4.86. The molecular formula is C16H17Cl2NO3. The Morgan fingerprint density at radius 1 is 1.18 bits per heavy atom. The Bertz CT molecular complexity index is 688. The molecule has 1 heterocycles. The van der Waals surface area contributed by atoms with E-state index >= 15 is 0 Å². The van der Waals surface area contributed by atoms with Crippen LogP contribution in [0.15, 0.2) is 18.2 Å². The van der Waals surface area contributed by atoms with Crippen LogP contribution in [-0.2, 0) is 14.3 Å². The van der Waals surface area contributed by atoms with E-state index in [4.69, 9.17) is 27.9 Å². The van der Waals surface area contributed by atoms with Gasteiger partial charge in [0.15, 0.2) is 5.60 Å². The van der Waals surface area contributed by atoms with Crippen LogP contribution < -0.4 is 5.32 Å². The van der Waals surface area contributed by atoms with Crippen molar-refractivity contribution < 1.29 is 14.3 Å². The van der Waals surface area contributed by atoms with Crippen molar-refractivity contribution in [1.29, 1.82) is 0 Å². The zero-order chi connectivity index (χ0) is 16.3. The van der Waals surface area contributed by atoms with Crippen LogP contribution in [0.3, 0.4) is 0 Å². The van der Waals surface area contributed by atoms with Crippen LogP contribution in [0.5, 0.6) is 0 Å². The SMILES string of the molecule is CC1(C)[C@]2(C)CC[C@]1(C(=O)Nc1ccc(Cl)c(Cl)c1)OC2=O. The smallest absolute Gasteiger partial charge is 0.313 e. The fraction of sp³-hybridized carbons (Fsp3) is 0.500. The third-order valence-corrected chi connectivity index (χ3v) is 6.37. The summed E-state index contributed by atoms with van der Waals surface area (Å²) in [5.74, 6) is -0.612. The number of carbonyl (C=O) groups excluding carboxylic acids is 2. The summed E-state index contributed by atoms with van der Waals surface area (Å²) < 4.78 is 5.54. The minimum atomic E-state index is -1.13. The number of ether oxygens (including phenoxy) is 1. The zero-order valence-electron chi connectivity index (χ0n) is 12.6. The van der Waals surface area contributed by atoms with Crippen LogP contribution in [0.1, 0.15) is 33.6 Å². The Kier molecular flexibility index (Phi) is 3.28. The lowest BCUT2D eigenvalue weighted by Gasteiger charge is -2.35. The van der Waals surface area contributed by atoms with Crippen LogP contribution in [-0.4, -0.2) is 17.5 Å². The molecule has 1 saturated heterocycles. The molecule has 3 rings (SSSR count). The highest BCUT2D eigenvalue weighted by atomic mass is 35.5. The van der Waals surface area contributed by atoms with Gasteiger partial charge in [-0.15, -0.1) is 0 Å². The summed E-state index contributed by atoms with van der Waals surface area (Å²) in [4.78, 5) is 25.0. The zero-order valence-corrected chi connectivity index (χ0v) is 14.1. The Morgan fingerprint density at radius 2 is 1.86 bits per heavy atom. The van der Waals surface area contributed by atoms with E-state index in [1.165, 1.54) is 0 Å². The number of halogens is 2. The average Bonchev–Trinajstić information content (AvgIpc) is 2.73. The molecular weight excluding hydrogens is 325 g/mol. The number of carbonyl (C=O) groups is 2. The maximum absolute atomic E-state index is 12.8. The number of hydrogen-bond acceptors (Lipinski definition) is 3. The molecule has 6 heteroatoms. The molecule has 4 nitrogen and oxygen atoms in total. The van der Waals surface area contributed by atoms with E-state index in [9.17, 15) is 9.59 Å². The van der Waals surface area contributed by atoms with Crippen molar-refractivity contribution in [2.24, 2.45) is 10.8 Å². The van der Waals surface area contributed by atoms with Crippen LogP contribution in [0, 0.1) is 10.8 Å². The van der Waals surface area contributed by atoms with Crippen molar-refractivity contribution in [3.63, 3.8) is 0 Å². The highest BCUT2D eigenvalue weighted by Crippen LogP contribution is 2.65. The molecule has 1 aliphatic heterocycles. The van der Waals surface area contributed by atoms with E-state index in [1.54, 1.807) is 18.2 Å². The second-order valence-corrected chi connectivity index (χ2v) is 7.57. The van der Waals surface area contributed by atoms with Gasteiger partial charge < -0.3 is 10.1 Å². The molecule has 1 aromatic carbocycles. The van der Waals surface area contributed by atoms with Crippen LogP contribution >= 0.6 is 23.2 Å². The van der Waals surface area contributed by atoms with Gasteiger partial charge in [-0.2, -0.15) is 0 Å². The van der Waals surface area contributed by atoms with Crippen molar-refractivity contribution in [3.05, 3.63) is 28.2 Å². The second-order valence-electron chi connectivity index (χ2n) is 6.76. The molecule has 0 unspecified atom stereocenters. The fourth-order valence-electron chi connectivity index (χ4n) is 3.55. The Morgan fingerprint density at radius 3 is 2.36 bits per heavy atom. The lowest BCUT2D eigenvalue weighted by atomic mass is 9.66. The molecule has 22 heavy (non-hydrogen) atoms. The quantitative estimate of drug-likeness (QED) is 0.825. The number of amides is 1. The van der Waals surface area contributed by atoms with Crippen LogP contribution in [0.25, 0.3) is 0 Å². The predicted octanol–water partition coefficient (Wildman–Crippen LogP) is 4.05. The van der Waals surface area contributed by atoms with Crippen molar-refractivity contribution >= 4 is 40.8 Å². The van der Waals surface area contributed by atoms with Gasteiger partial charge in [0.25, 0.3) is 5.91 Å². The van der Waals surface area contributed by atoms with Gasteiger partial charge >= 0.3 is 5.97 Å². The van der Waals surface area contributed by atoms with E-state index in [0.717, 1.165) is 0 Å². The Balaban J connectivity index is 1.92.